The molecule has 0 amide bonds. The van der Waals surface area contributed by atoms with E-state index in [4.69, 9.17) is 4.98 Å². The molecule has 2 unspecified atom stereocenters. The lowest BCUT2D eigenvalue weighted by Crippen LogP contribution is -2.44. The predicted molar refractivity (Wildman–Crippen MR) is 164 cm³/mol. The van der Waals surface area contributed by atoms with Gasteiger partial charge in [0.2, 0.25) is 0 Å². The third kappa shape index (κ3) is 4.94. The van der Waals surface area contributed by atoms with Crippen LogP contribution in [0.3, 0.4) is 0 Å². The van der Waals surface area contributed by atoms with Gasteiger partial charge in [-0.05, 0) is 97.3 Å². The van der Waals surface area contributed by atoms with E-state index < -0.39 is 0 Å². The van der Waals surface area contributed by atoms with Crippen LogP contribution in [-0.4, -0.2) is 43.3 Å². The van der Waals surface area contributed by atoms with Crippen LogP contribution in [0, 0.1) is 6.92 Å². The molecule has 7 rings (SSSR count). The fourth-order valence-electron chi connectivity index (χ4n) is 6.76. The minimum absolute atomic E-state index is 0.135. The van der Waals surface area contributed by atoms with Gasteiger partial charge in [0, 0.05) is 29.7 Å². The van der Waals surface area contributed by atoms with Gasteiger partial charge in [-0.15, -0.1) is 0 Å². The Bertz CT molecular complexity index is 1670. The van der Waals surface area contributed by atoms with E-state index in [2.05, 4.69) is 69.4 Å². The summed E-state index contributed by atoms with van der Waals surface area (Å²) in [7, 11) is 0. The van der Waals surface area contributed by atoms with Crippen LogP contribution in [0.4, 0.5) is 17.2 Å². The van der Waals surface area contributed by atoms with Crippen molar-refractivity contribution in [2.45, 2.75) is 57.3 Å². The number of phenols is 1. The van der Waals surface area contributed by atoms with E-state index in [1.807, 2.05) is 31.2 Å². The molecular formula is C35H34N4O2. The average molecular weight is 543 g/mol. The van der Waals surface area contributed by atoms with Crippen LogP contribution < -0.4 is 4.90 Å². The first-order valence-corrected chi connectivity index (χ1v) is 14.5. The normalized spacial score (nSPS) is 20.4. The molecular weight excluding hydrogens is 508 g/mol. The number of para-hydroxylation sites is 1. The van der Waals surface area contributed by atoms with E-state index in [0.717, 1.165) is 64.2 Å². The van der Waals surface area contributed by atoms with Gasteiger partial charge >= 0.3 is 0 Å². The van der Waals surface area contributed by atoms with Gasteiger partial charge in [0.1, 0.15) is 17.9 Å². The fourth-order valence-corrected chi connectivity index (χ4v) is 6.76. The van der Waals surface area contributed by atoms with Crippen LogP contribution in [0.25, 0.3) is 22.0 Å². The molecule has 41 heavy (non-hydrogen) atoms. The Morgan fingerprint density at radius 3 is 2.29 bits per heavy atom. The van der Waals surface area contributed by atoms with Crippen molar-refractivity contribution < 1.29 is 10.2 Å². The minimum atomic E-state index is -0.135. The standard InChI is InChI=1S/C35H34N4O2/c1-23-17-30(40)14-16-34(23)39(27-5-3-2-4-6-27)35-32-18-26(11-15-33(32)36-22-37-35)25-9-7-24(8-10-25)21-38-28-12-13-29(38)20-31(41)19-28/h2-11,14-18,22,28-29,31,40-41H,12-13,19-21H2,1H3. The number of aromatic nitrogens is 2. The number of rotatable bonds is 6. The van der Waals surface area contributed by atoms with Crippen molar-refractivity contribution >= 4 is 28.1 Å². The van der Waals surface area contributed by atoms with Gasteiger partial charge < -0.3 is 10.2 Å². The number of hydrogen-bond acceptors (Lipinski definition) is 6. The van der Waals surface area contributed by atoms with Crippen molar-refractivity contribution in [1.82, 2.24) is 14.9 Å². The highest BCUT2D eigenvalue weighted by atomic mass is 16.3. The van der Waals surface area contributed by atoms with Gasteiger partial charge in [-0.3, -0.25) is 9.80 Å². The van der Waals surface area contributed by atoms with Crippen molar-refractivity contribution in [2.24, 2.45) is 0 Å². The number of fused-ring (bicyclic) bond motifs is 3. The third-order valence-electron chi connectivity index (χ3n) is 8.77. The van der Waals surface area contributed by atoms with E-state index in [1.165, 1.54) is 18.4 Å². The highest BCUT2D eigenvalue weighted by molar-refractivity contribution is 5.97. The lowest BCUT2D eigenvalue weighted by atomic mass is 9.98. The summed E-state index contributed by atoms with van der Waals surface area (Å²) in [6, 6.07) is 31.9. The molecule has 2 atom stereocenters. The van der Waals surface area contributed by atoms with Crippen molar-refractivity contribution in [3.05, 3.63) is 108 Å². The molecule has 2 aliphatic heterocycles. The molecule has 6 nitrogen and oxygen atoms in total. The van der Waals surface area contributed by atoms with E-state index in [1.54, 1.807) is 18.5 Å². The molecule has 2 N–H and O–H groups in total. The maximum atomic E-state index is 10.2. The van der Waals surface area contributed by atoms with E-state index in [-0.39, 0.29) is 11.9 Å². The Morgan fingerprint density at radius 2 is 1.56 bits per heavy atom. The van der Waals surface area contributed by atoms with Crippen molar-refractivity contribution in [3.8, 4) is 16.9 Å². The topological polar surface area (TPSA) is 72.7 Å². The summed E-state index contributed by atoms with van der Waals surface area (Å²) in [6.45, 7) is 2.94. The number of anilines is 3. The van der Waals surface area contributed by atoms with Crippen LogP contribution in [0.2, 0.25) is 0 Å². The molecule has 3 heterocycles. The summed E-state index contributed by atoms with van der Waals surface area (Å²) >= 11 is 0. The molecule has 1 aromatic heterocycles. The molecule has 2 bridgehead atoms. The number of hydrogen-bond donors (Lipinski definition) is 2. The minimum Gasteiger partial charge on any atom is -0.508 e. The molecule has 0 saturated carbocycles. The maximum absolute atomic E-state index is 10.2. The Balaban J connectivity index is 1.24. The van der Waals surface area contributed by atoms with Crippen LogP contribution >= 0.6 is 0 Å². The zero-order valence-electron chi connectivity index (χ0n) is 23.2. The fraction of sp³-hybridized carbons (Fsp3) is 0.257. The molecule has 2 fully saturated rings. The Labute approximate surface area is 240 Å². The number of aryl methyl sites for hydroxylation is 1. The Kier molecular flexibility index (Phi) is 6.65. The first-order valence-electron chi connectivity index (χ1n) is 14.5. The van der Waals surface area contributed by atoms with Crippen molar-refractivity contribution in [1.29, 1.82) is 0 Å². The van der Waals surface area contributed by atoms with Crippen LogP contribution in [-0.2, 0) is 6.54 Å². The number of phenolic OH excluding ortho intramolecular Hbond substituents is 1. The Morgan fingerprint density at radius 1 is 0.829 bits per heavy atom. The molecule has 5 aromatic rings. The van der Waals surface area contributed by atoms with Gasteiger partial charge in [0.05, 0.1) is 17.3 Å². The van der Waals surface area contributed by atoms with E-state index >= 15 is 0 Å². The van der Waals surface area contributed by atoms with Crippen molar-refractivity contribution in [2.75, 3.05) is 4.90 Å². The first kappa shape index (κ1) is 25.7. The zero-order valence-corrected chi connectivity index (χ0v) is 23.2. The largest absolute Gasteiger partial charge is 0.508 e. The molecule has 2 aliphatic rings. The number of aromatic hydroxyl groups is 1. The summed E-state index contributed by atoms with van der Waals surface area (Å²) in [6.07, 6.45) is 5.68. The summed E-state index contributed by atoms with van der Waals surface area (Å²) < 4.78 is 0. The summed E-state index contributed by atoms with van der Waals surface area (Å²) in [5.41, 5.74) is 7.31. The second kappa shape index (κ2) is 10.6. The zero-order chi connectivity index (χ0) is 27.9. The lowest BCUT2D eigenvalue weighted by molar-refractivity contribution is 0.0310. The SMILES string of the molecule is Cc1cc(O)ccc1N(c1ccccc1)c1ncnc2ccc(-c3ccc(CN4C5CCC4CC(O)C5)cc3)cc12. The molecule has 6 heteroatoms. The summed E-state index contributed by atoms with van der Waals surface area (Å²) in [5.74, 6) is 1.03. The summed E-state index contributed by atoms with van der Waals surface area (Å²) in [4.78, 5) is 14.1. The van der Waals surface area contributed by atoms with E-state index in [9.17, 15) is 10.2 Å². The summed E-state index contributed by atoms with van der Waals surface area (Å²) in [5, 5.41) is 21.2. The lowest BCUT2D eigenvalue weighted by Gasteiger charge is -2.37. The first-order chi connectivity index (χ1) is 20.0. The highest BCUT2D eigenvalue weighted by Gasteiger charge is 2.39. The van der Waals surface area contributed by atoms with E-state index in [0.29, 0.717) is 12.1 Å². The molecule has 4 aromatic carbocycles. The molecule has 0 radical (unpaired) electrons. The van der Waals surface area contributed by atoms with Crippen molar-refractivity contribution in [3.63, 3.8) is 0 Å². The number of aliphatic hydroxyl groups is 1. The quantitative estimate of drug-likeness (QED) is 0.235. The second-order valence-corrected chi connectivity index (χ2v) is 11.5. The number of nitrogens with zero attached hydrogens (tertiary/aromatic N) is 4. The number of piperidine rings is 1. The van der Waals surface area contributed by atoms with Gasteiger partial charge in [0.25, 0.3) is 0 Å². The van der Waals surface area contributed by atoms with Gasteiger partial charge in [-0.1, -0.05) is 48.5 Å². The molecule has 0 spiro atoms. The van der Waals surface area contributed by atoms with Gasteiger partial charge in [0.15, 0.2) is 0 Å². The number of benzene rings is 4. The molecule has 2 saturated heterocycles. The van der Waals surface area contributed by atoms with Crippen LogP contribution in [0.1, 0.15) is 36.8 Å². The maximum Gasteiger partial charge on any atom is 0.148 e. The second-order valence-electron chi connectivity index (χ2n) is 11.5. The highest BCUT2D eigenvalue weighted by Crippen LogP contribution is 2.40. The van der Waals surface area contributed by atoms with Gasteiger partial charge in [-0.25, -0.2) is 9.97 Å². The van der Waals surface area contributed by atoms with Crippen LogP contribution in [0.15, 0.2) is 97.3 Å². The third-order valence-corrected chi connectivity index (χ3v) is 8.77. The van der Waals surface area contributed by atoms with Gasteiger partial charge in [-0.2, -0.15) is 0 Å². The average Bonchev–Trinajstić information content (AvgIpc) is 3.22. The molecule has 0 aliphatic carbocycles. The smallest absolute Gasteiger partial charge is 0.148 e. The predicted octanol–water partition coefficient (Wildman–Crippen LogP) is 7.27. The Hall–Kier alpha value is -4.26. The van der Waals surface area contributed by atoms with Crippen LogP contribution in [0.5, 0.6) is 5.75 Å². The molecule has 206 valence electrons. The number of aliphatic hydroxyl groups excluding tert-OH is 1. The monoisotopic (exact) mass is 542 g/mol.